The Bertz CT molecular complexity index is 185. The third-order valence-corrected chi connectivity index (χ3v) is 0.972. The van der Waals surface area contributed by atoms with E-state index in [1.165, 1.54) is 0 Å². The van der Waals surface area contributed by atoms with Crippen LogP contribution in [0.2, 0.25) is 0 Å². The highest BCUT2D eigenvalue weighted by molar-refractivity contribution is 5.93. The molecule has 1 aliphatic heterocycles. The highest BCUT2D eigenvalue weighted by Crippen LogP contribution is 2.20. The van der Waals surface area contributed by atoms with Crippen molar-refractivity contribution in [3.05, 3.63) is 0 Å². The van der Waals surface area contributed by atoms with Crippen LogP contribution in [0.3, 0.4) is 0 Å². The highest BCUT2D eigenvalue weighted by Gasteiger charge is 2.41. The minimum absolute atomic E-state index is 0.544. The van der Waals surface area contributed by atoms with Crippen molar-refractivity contribution < 1.29 is 18.0 Å². The van der Waals surface area contributed by atoms with E-state index in [2.05, 4.69) is 4.99 Å². The number of hydrogen-bond acceptors (Lipinski definition) is 1. The largest absolute Gasteiger partial charge is 0.413 e. The molecule has 10 heavy (non-hydrogen) atoms. The minimum Gasteiger partial charge on any atom is -0.320 e. The van der Waals surface area contributed by atoms with Crippen LogP contribution in [0.5, 0.6) is 0 Å². The zero-order valence-corrected chi connectivity index (χ0v) is 4.64. The monoisotopic (exact) mass is 152 g/mol. The van der Waals surface area contributed by atoms with Gasteiger partial charge in [0.25, 0.3) is 0 Å². The molecule has 1 N–H and O–H groups in total. The van der Waals surface area contributed by atoms with Gasteiger partial charge in [-0.1, -0.05) is 0 Å². The van der Waals surface area contributed by atoms with Gasteiger partial charge in [0, 0.05) is 6.21 Å². The van der Waals surface area contributed by atoms with Crippen LogP contribution in [-0.4, -0.2) is 24.5 Å². The molecule has 1 heterocycles. The summed E-state index contributed by atoms with van der Waals surface area (Å²) in [5.74, 6) is 0. The molecule has 1 unspecified atom stereocenters. The summed E-state index contributed by atoms with van der Waals surface area (Å²) >= 11 is 0. The van der Waals surface area contributed by atoms with Gasteiger partial charge in [-0.05, 0) is 0 Å². The van der Waals surface area contributed by atoms with Gasteiger partial charge in [-0.2, -0.15) is 13.2 Å². The topological polar surface area (TPSA) is 41.5 Å². The van der Waals surface area contributed by atoms with Crippen LogP contribution in [-0.2, 0) is 0 Å². The van der Waals surface area contributed by atoms with Gasteiger partial charge >= 0.3 is 12.2 Å². The number of carbonyl (C=O) groups excluding carboxylic acids is 1. The van der Waals surface area contributed by atoms with Crippen LogP contribution in [0.1, 0.15) is 0 Å². The fourth-order valence-electron chi connectivity index (χ4n) is 0.516. The summed E-state index contributed by atoms with van der Waals surface area (Å²) < 4.78 is 34.9. The third kappa shape index (κ3) is 1.26. The number of alkyl halides is 3. The minimum atomic E-state index is -4.42. The van der Waals surface area contributed by atoms with Crippen molar-refractivity contribution in [1.29, 1.82) is 0 Å². The van der Waals surface area contributed by atoms with E-state index in [4.69, 9.17) is 0 Å². The fraction of sp³-hybridized carbons (Fsp3) is 0.500. The molecule has 3 nitrogen and oxygen atoms in total. The van der Waals surface area contributed by atoms with Gasteiger partial charge in [-0.15, -0.1) is 0 Å². The number of halogens is 3. The Morgan fingerprint density at radius 2 is 2.20 bits per heavy atom. The lowest BCUT2D eigenvalue weighted by molar-refractivity contribution is -0.135. The van der Waals surface area contributed by atoms with Crippen LogP contribution < -0.4 is 5.32 Å². The molecule has 1 rings (SSSR count). The van der Waals surface area contributed by atoms with Crippen LogP contribution in [0.15, 0.2) is 4.99 Å². The van der Waals surface area contributed by atoms with Gasteiger partial charge in [0.05, 0.1) is 0 Å². The summed E-state index contributed by atoms with van der Waals surface area (Å²) in [5, 5.41) is 1.61. The van der Waals surface area contributed by atoms with Crippen molar-refractivity contribution in [2.75, 3.05) is 0 Å². The molecule has 1 aliphatic rings. The lowest BCUT2D eigenvalue weighted by atomic mass is 10.3. The standard InChI is InChI=1S/C4H3F3N2O/c5-4(6,7)2-1-8-3(10)9-2/h1-2H,(H,9,10). The number of aliphatic imine (C=N–C) groups is 1. The molecule has 1 atom stereocenters. The molecule has 0 fully saturated rings. The number of rotatable bonds is 0. The van der Waals surface area contributed by atoms with Crippen LogP contribution in [0.4, 0.5) is 18.0 Å². The van der Waals surface area contributed by atoms with Gasteiger partial charge in [0.15, 0.2) is 6.04 Å². The number of carbonyl (C=O) groups is 1. The summed E-state index contributed by atoms with van der Waals surface area (Å²) in [6.07, 6.45) is -3.88. The maximum atomic E-state index is 11.6. The van der Waals surface area contributed by atoms with Crippen molar-refractivity contribution >= 4 is 12.2 Å². The number of hydrogen-bond donors (Lipinski definition) is 1. The van der Waals surface area contributed by atoms with Gasteiger partial charge in [0.1, 0.15) is 0 Å². The molecule has 2 amide bonds. The first kappa shape index (κ1) is 7.04. The Balaban J connectivity index is 2.63. The van der Waals surface area contributed by atoms with Crippen molar-refractivity contribution in [2.24, 2.45) is 4.99 Å². The van der Waals surface area contributed by atoms with Crippen LogP contribution >= 0.6 is 0 Å². The first-order valence-electron chi connectivity index (χ1n) is 2.41. The molecule has 0 aromatic heterocycles. The molecule has 0 aromatic rings. The first-order valence-corrected chi connectivity index (χ1v) is 2.41. The second-order valence-electron chi connectivity index (χ2n) is 1.75. The molecule has 0 radical (unpaired) electrons. The summed E-state index contributed by atoms with van der Waals surface area (Å²) in [6, 6.07) is -2.85. The Morgan fingerprint density at radius 3 is 2.40 bits per heavy atom. The molecular formula is C4H3F3N2O. The molecule has 0 aliphatic carbocycles. The van der Waals surface area contributed by atoms with E-state index in [0.29, 0.717) is 6.21 Å². The first-order chi connectivity index (χ1) is 4.50. The summed E-state index contributed by atoms with van der Waals surface area (Å²) in [6.45, 7) is 0. The second kappa shape index (κ2) is 1.96. The van der Waals surface area contributed by atoms with Gasteiger partial charge < -0.3 is 5.32 Å². The maximum Gasteiger partial charge on any atom is 0.413 e. The Hall–Kier alpha value is -1.07. The zero-order valence-electron chi connectivity index (χ0n) is 4.64. The van der Waals surface area contributed by atoms with E-state index in [0.717, 1.165) is 0 Å². The maximum absolute atomic E-state index is 11.6. The normalized spacial score (nSPS) is 25.1. The second-order valence-corrected chi connectivity index (χ2v) is 1.75. The molecule has 0 saturated heterocycles. The molecule has 56 valence electrons. The summed E-state index contributed by atoms with van der Waals surface area (Å²) in [7, 11) is 0. The van der Waals surface area contributed by atoms with E-state index in [9.17, 15) is 18.0 Å². The lowest BCUT2D eigenvalue weighted by Crippen LogP contribution is -2.40. The van der Waals surface area contributed by atoms with E-state index in [-0.39, 0.29) is 0 Å². The molecular weight excluding hydrogens is 149 g/mol. The number of nitrogens with zero attached hydrogens (tertiary/aromatic N) is 1. The SMILES string of the molecule is O=C1N=CC(C(F)(F)F)N1. The van der Waals surface area contributed by atoms with E-state index in [1.54, 1.807) is 5.32 Å². The highest BCUT2D eigenvalue weighted by atomic mass is 19.4. The van der Waals surface area contributed by atoms with Crippen LogP contribution in [0.25, 0.3) is 0 Å². The molecule has 0 saturated carbocycles. The summed E-state index contributed by atoms with van der Waals surface area (Å²) in [4.78, 5) is 13.0. The van der Waals surface area contributed by atoms with Gasteiger partial charge in [0.2, 0.25) is 0 Å². The predicted octanol–water partition coefficient (Wildman–Crippen LogP) is 0.711. The van der Waals surface area contributed by atoms with Gasteiger partial charge in [-0.3, -0.25) is 0 Å². The van der Waals surface area contributed by atoms with Crippen LogP contribution in [0, 0.1) is 0 Å². The molecule has 0 spiro atoms. The van der Waals surface area contributed by atoms with E-state index >= 15 is 0 Å². The molecule has 0 aromatic carbocycles. The zero-order chi connectivity index (χ0) is 7.78. The van der Waals surface area contributed by atoms with E-state index in [1.807, 2.05) is 0 Å². The van der Waals surface area contributed by atoms with Crippen molar-refractivity contribution in [3.8, 4) is 0 Å². The Kier molecular flexibility index (Phi) is 1.38. The van der Waals surface area contributed by atoms with Gasteiger partial charge in [-0.25, -0.2) is 9.79 Å². The number of nitrogens with one attached hydrogen (secondary N) is 1. The molecule has 6 heteroatoms. The van der Waals surface area contributed by atoms with Crippen molar-refractivity contribution in [3.63, 3.8) is 0 Å². The molecule has 0 bridgehead atoms. The smallest absolute Gasteiger partial charge is 0.320 e. The quantitative estimate of drug-likeness (QED) is 0.545. The van der Waals surface area contributed by atoms with Crippen molar-refractivity contribution in [1.82, 2.24) is 5.32 Å². The average Bonchev–Trinajstić information content (AvgIpc) is 2.11. The number of urea groups is 1. The van der Waals surface area contributed by atoms with E-state index < -0.39 is 18.2 Å². The predicted molar refractivity (Wildman–Crippen MR) is 26.9 cm³/mol. The van der Waals surface area contributed by atoms with Crippen molar-refractivity contribution in [2.45, 2.75) is 12.2 Å². The Labute approximate surface area is 53.9 Å². The average molecular weight is 152 g/mol. The summed E-state index contributed by atoms with van der Waals surface area (Å²) in [5.41, 5.74) is 0. The number of amides is 2. The third-order valence-electron chi connectivity index (χ3n) is 0.972. The Morgan fingerprint density at radius 1 is 1.60 bits per heavy atom. The fourth-order valence-corrected chi connectivity index (χ4v) is 0.516. The lowest BCUT2D eigenvalue weighted by Gasteiger charge is -2.10.